The summed E-state index contributed by atoms with van der Waals surface area (Å²) in [6.45, 7) is 0. The molecule has 0 fully saturated rings. The van der Waals surface area contributed by atoms with Gasteiger partial charge >= 0.3 is 0 Å². The van der Waals surface area contributed by atoms with Crippen molar-refractivity contribution in [3.63, 3.8) is 0 Å². The van der Waals surface area contributed by atoms with Gasteiger partial charge in [0.15, 0.2) is 0 Å². The number of halogens is 1. The van der Waals surface area contributed by atoms with Crippen LogP contribution in [-0.2, 0) is 0 Å². The minimum absolute atomic E-state index is 0.0197. The monoisotopic (exact) mass is 374 g/mol. The van der Waals surface area contributed by atoms with Crippen molar-refractivity contribution in [1.82, 2.24) is 4.90 Å². The molecule has 0 aromatic heterocycles. The van der Waals surface area contributed by atoms with Crippen LogP contribution in [0.15, 0.2) is 75.4 Å². The summed E-state index contributed by atoms with van der Waals surface area (Å²) >= 11 is 1.21. The first kappa shape index (κ1) is 16.9. The van der Waals surface area contributed by atoms with Gasteiger partial charge in [-0.25, -0.2) is 4.39 Å². The van der Waals surface area contributed by atoms with E-state index in [9.17, 15) is 19.7 Å². The summed E-state index contributed by atoms with van der Waals surface area (Å²) in [5, 5.41) is 19.8. The number of amides is 1. The molecule has 2 heterocycles. The predicted octanol–water partition coefficient (Wildman–Crippen LogP) is 3.60. The van der Waals surface area contributed by atoms with Crippen molar-refractivity contribution in [2.75, 3.05) is 0 Å². The summed E-state index contributed by atoms with van der Waals surface area (Å²) in [5.74, 6) is -1.99. The number of nitrogens with zero attached hydrogens (tertiary/aromatic N) is 3. The van der Waals surface area contributed by atoms with E-state index in [2.05, 4.69) is 6.07 Å². The minimum atomic E-state index is -0.960. The van der Waals surface area contributed by atoms with Gasteiger partial charge in [0.05, 0.1) is 34.8 Å². The molecule has 2 aromatic rings. The number of hydrogen-bond donors (Lipinski definition) is 1. The molecule has 5 nitrogen and oxygen atoms in total. The third-order valence-electron chi connectivity index (χ3n) is 4.51. The molecule has 2 aromatic carbocycles. The van der Waals surface area contributed by atoms with Crippen molar-refractivity contribution < 1.29 is 9.18 Å². The van der Waals surface area contributed by atoms with Crippen LogP contribution in [-0.4, -0.2) is 10.8 Å². The highest BCUT2D eigenvalue weighted by Gasteiger charge is 2.42. The van der Waals surface area contributed by atoms with Crippen molar-refractivity contribution in [3.05, 3.63) is 87.5 Å². The number of benzene rings is 2. The lowest BCUT2D eigenvalue weighted by atomic mass is 9.83. The van der Waals surface area contributed by atoms with Crippen LogP contribution in [0.2, 0.25) is 0 Å². The minimum Gasteiger partial charge on any atom is -0.384 e. The summed E-state index contributed by atoms with van der Waals surface area (Å²) in [5.41, 5.74) is 6.89. The zero-order valence-corrected chi connectivity index (χ0v) is 14.6. The number of carbonyl (C=O) groups is 1. The molecule has 1 atom stereocenters. The Labute approximate surface area is 158 Å². The number of nitriles is 2. The van der Waals surface area contributed by atoms with Crippen LogP contribution in [0.5, 0.6) is 0 Å². The van der Waals surface area contributed by atoms with Crippen LogP contribution in [0.3, 0.4) is 0 Å². The van der Waals surface area contributed by atoms with E-state index < -0.39 is 17.6 Å². The van der Waals surface area contributed by atoms with Crippen LogP contribution in [0.4, 0.5) is 4.39 Å². The number of rotatable bonds is 1. The van der Waals surface area contributed by atoms with Gasteiger partial charge in [-0.1, -0.05) is 42.1 Å². The molecule has 0 radical (unpaired) electrons. The third-order valence-corrected chi connectivity index (χ3v) is 5.68. The van der Waals surface area contributed by atoms with Crippen LogP contribution in [0.1, 0.15) is 21.8 Å². The molecular weight excluding hydrogens is 363 g/mol. The van der Waals surface area contributed by atoms with Crippen molar-refractivity contribution >= 4 is 17.7 Å². The van der Waals surface area contributed by atoms with Crippen LogP contribution >= 0.6 is 11.8 Å². The topological polar surface area (TPSA) is 93.9 Å². The maximum absolute atomic E-state index is 14.5. The van der Waals surface area contributed by atoms with Crippen LogP contribution < -0.4 is 5.73 Å². The van der Waals surface area contributed by atoms with Crippen molar-refractivity contribution in [2.24, 2.45) is 5.73 Å². The standard InChI is InChI=1S/C20H11FN4OS/c21-15-7-3-1-5-11(15)17-13(9-22)18(24)25-19(26)12-6-2-4-8-16(12)27-20(25)14(17)10-23/h1-8,17H,24H2/t17-/m1/s1. The van der Waals surface area contributed by atoms with Gasteiger partial charge in [-0.2, -0.15) is 10.5 Å². The Hall–Kier alpha value is -3.55. The fourth-order valence-electron chi connectivity index (χ4n) is 3.28. The van der Waals surface area contributed by atoms with E-state index in [1.165, 1.54) is 34.9 Å². The first-order valence-electron chi connectivity index (χ1n) is 7.98. The summed E-state index contributed by atoms with van der Waals surface area (Å²) in [7, 11) is 0. The molecule has 0 bridgehead atoms. The van der Waals surface area contributed by atoms with E-state index in [1.54, 1.807) is 30.3 Å². The molecule has 0 spiro atoms. The van der Waals surface area contributed by atoms with E-state index >= 15 is 0 Å². The zero-order chi connectivity index (χ0) is 19.1. The van der Waals surface area contributed by atoms with Crippen LogP contribution in [0.25, 0.3) is 0 Å². The normalized spacial score (nSPS) is 18.6. The highest BCUT2D eigenvalue weighted by atomic mass is 32.2. The highest BCUT2D eigenvalue weighted by Crippen LogP contribution is 2.49. The Morgan fingerprint density at radius 2 is 1.70 bits per heavy atom. The van der Waals surface area contributed by atoms with Crippen molar-refractivity contribution in [1.29, 1.82) is 10.5 Å². The summed E-state index contributed by atoms with van der Waals surface area (Å²) in [6, 6.07) is 16.9. The highest BCUT2D eigenvalue weighted by molar-refractivity contribution is 8.03. The average Bonchev–Trinajstić information content (AvgIpc) is 2.68. The molecule has 0 aliphatic carbocycles. The SMILES string of the molecule is N#CC1=C(N)N2C(=O)c3ccccc3SC2=C(C#N)[C@@H]1c1ccccc1F. The zero-order valence-electron chi connectivity index (χ0n) is 13.8. The Kier molecular flexibility index (Phi) is 3.95. The van der Waals surface area contributed by atoms with Crippen molar-refractivity contribution in [2.45, 2.75) is 10.8 Å². The largest absolute Gasteiger partial charge is 0.384 e. The molecule has 130 valence electrons. The Balaban J connectivity index is 2.01. The first-order valence-corrected chi connectivity index (χ1v) is 8.80. The predicted molar refractivity (Wildman–Crippen MR) is 97.1 cm³/mol. The molecule has 0 unspecified atom stereocenters. The van der Waals surface area contributed by atoms with Gasteiger partial charge in [-0.3, -0.25) is 9.69 Å². The molecule has 2 aliphatic rings. The first-order chi connectivity index (χ1) is 13.1. The van der Waals surface area contributed by atoms with E-state index in [0.29, 0.717) is 15.5 Å². The molecule has 4 rings (SSSR count). The number of thioether (sulfide) groups is 1. The van der Waals surface area contributed by atoms with Gasteiger partial charge in [0, 0.05) is 10.5 Å². The number of fused-ring (bicyclic) bond motifs is 2. The number of nitrogens with two attached hydrogens (primary N) is 1. The molecule has 0 saturated heterocycles. The fraction of sp³-hybridized carbons (Fsp3) is 0.0500. The fourth-order valence-corrected chi connectivity index (χ4v) is 4.45. The van der Waals surface area contributed by atoms with Gasteiger partial charge in [0.25, 0.3) is 5.91 Å². The molecular formula is C20H11FN4OS. The van der Waals surface area contributed by atoms with Gasteiger partial charge in [0.1, 0.15) is 16.7 Å². The Bertz CT molecular complexity index is 1140. The lowest BCUT2D eigenvalue weighted by molar-refractivity contribution is 0.0841. The molecule has 7 heteroatoms. The van der Waals surface area contributed by atoms with E-state index in [4.69, 9.17) is 5.73 Å². The van der Waals surface area contributed by atoms with Crippen molar-refractivity contribution in [3.8, 4) is 12.1 Å². The van der Waals surface area contributed by atoms with Gasteiger partial charge in [0.2, 0.25) is 0 Å². The molecule has 0 saturated carbocycles. The van der Waals surface area contributed by atoms with E-state index in [-0.39, 0.29) is 22.5 Å². The Morgan fingerprint density at radius 3 is 2.41 bits per heavy atom. The second-order valence-corrected chi connectivity index (χ2v) is 6.97. The third kappa shape index (κ3) is 2.41. The summed E-state index contributed by atoms with van der Waals surface area (Å²) < 4.78 is 14.5. The number of hydrogen-bond acceptors (Lipinski definition) is 5. The quantitative estimate of drug-likeness (QED) is 0.823. The van der Waals surface area contributed by atoms with Gasteiger partial charge in [-0.15, -0.1) is 0 Å². The van der Waals surface area contributed by atoms with E-state index in [1.807, 2.05) is 6.07 Å². The maximum atomic E-state index is 14.5. The van der Waals surface area contributed by atoms with E-state index in [0.717, 1.165) is 0 Å². The lowest BCUT2D eigenvalue weighted by Crippen LogP contribution is -2.40. The number of allylic oxidation sites excluding steroid dienone is 2. The smallest absolute Gasteiger partial charge is 0.265 e. The molecule has 2 N–H and O–H groups in total. The second kappa shape index (κ2) is 6.31. The average molecular weight is 374 g/mol. The second-order valence-electron chi connectivity index (χ2n) is 5.93. The Morgan fingerprint density at radius 1 is 1.04 bits per heavy atom. The summed E-state index contributed by atoms with van der Waals surface area (Å²) in [4.78, 5) is 14.8. The maximum Gasteiger partial charge on any atom is 0.265 e. The summed E-state index contributed by atoms with van der Waals surface area (Å²) in [6.07, 6.45) is 0. The molecule has 27 heavy (non-hydrogen) atoms. The van der Waals surface area contributed by atoms with Gasteiger partial charge in [-0.05, 0) is 18.2 Å². The molecule has 1 amide bonds. The van der Waals surface area contributed by atoms with Gasteiger partial charge < -0.3 is 5.73 Å². The molecule has 2 aliphatic heterocycles. The number of carbonyl (C=O) groups excluding carboxylic acids is 1. The van der Waals surface area contributed by atoms with Crippen LogP contribution in [0, 0.1) is 28.5 Å². The lowest BCUT2D eigenvalue weighted by Gasteiger charge is -2.37.